The van der Waals surface area contributed by atoms with Crippen molar-refractivity contribution in [1.82, 2.24) is 5.43 Å². The molecule has 2 aromatic carbocycles. The number of benzene rings is 2. The minimum atomic E-state index is -0.465. The molecule has 0 aromatic heterocycles. The zero-order valence-corrected chi connectivity index (χ0v) is 14.5. The Balaban J connectivity index is 2.17. The zero-order valence-electron chi connectivity index (χ0n) is 14.5. The second-order valence-electron chi connectivity index (χ2n) is 5.18. The van der Waals surface area contributed by atoms with Gasteiger partial charge >= 0.3 is 0 Å². The van der Waals surface area contributed by atoms with E-state index in [2.05, 4.69) is 10.5 Å². The van der Waals surface area contributed by atoms with Crippen LogP contribution in [-0.2, 0) is 0 Å². The van der Waals surface area contributed by atoms with E-state index in [1.807, 2.05) is 19.1 Å². The SMILES string of the molecule is COc1ccc(C(=O)N/N=C/c2cc(C)cc(OC)c2OC)cc1O. The number of ether oxygens (including phenoxy) is 3. The van der Waals surface area contributed by atoms with Crippen LogP contribution >= 0.6 is 0 Å². The lowest BCUT2D eigenvalue weighted by molar-refractivity contribution is 0.0954. The quantitative estimate of drug-likeness (QED) is 0.621. The molecule has 2 aromatic rings. The molecule has 0 bridgehead atoms. The number of nitrogens with zero attached hydrogens (tertiary/aromatic N) is 1. The van der Waals surface area contributed by atoms with Crippen LogP contribution in [0.1, 0.15) is 21.5 Å². The molecule has 0 spiro atoms. The largest absolute Gasteiger partial charge is 0.504 e. The number of phenols is 1. The maximum absolute atomic E-state index is 12.1. The molecule has 2 N–H and O–H groups in total. The van der Waals surface area contributed by atoms with Crippen molar-refractivity contribution in [2.24, 2.45) is 5.10 Å². The first-order chi connectivity index (χ1) is 12.0. The van der Waals surface area contributed by atoms with Crippen LogP contribution in [0, 0.1) is 6.92 Å². The van der Waals surface area contributed by atoms with Crippen molar-refractivity contribution in [1.29, 1.82) is 0 Å². The van der Waals surface area contributed by atoms with E-state index < -0.39 is 5.91 Å². The maximum Gasteiger partial charge on any atom is 0.271 e. The van der Waals surface area contributed by atoms with E-state index in [0.717, 1.165) is 5.56 Å². The molecular formula is C18H20N2O5. The minimum Gasteiger partial charge on any atom is -0.504 e. The number of carbonyl (C=O) groups excluding carboxylic acids is 1. The van der Waals surface area contributed by atoms with E-state index in [0.29, 0.717) is 17.1 Å². The lowest BCUT2D eigenvalue weighted by Gasteiger charge is -2.11. The first-order valence-electron chi connectivity index (χ1n) is 7.43. The summed E-state index contributed by atoms with van der Waals surface area (Å²) in [6.45, 7) is 1.91. The van der Waals surface area contributed by atoms with Gasteiger partial charge in [0.2, 0.25) is 0 Å². The Morgan fingerprint density at radius 3 is 2.40 bits per heavy atom. The van der Waals surface area contributed by atoms with Crippen molar-refractivity contribution in [3.8, 4) is 23.0 Å². The summed E-state index contributed by atoms with van der Waals surface area (Å²) in [5.41, 5.74) is 4.28. The Labute approximate surface area is 145 Å². The fourth-order valence-corrected chi connectivity index (χ4v) is 2.29. The van der Waals surface area contributed by atoms with Crippen LogP contribution in [-0.4, -0.2) is 38.6 Å². The fourth-order valence-electron chi connectivity index (χ4n) is 2.29. The Morgan fingerprint density at radius 1 is 1.08 bits per heavy atom. The molecule has 0 atom stereocenters. The number of rotatable bonds is 6. The number of hydrogen-bond donors (Lipinski definition) is 2. The van der Waals surface area contributed by atoms with Gasteiger partial charge in [-0.15, -0.1) is 0 Å². The molecule has 0 aliphatic carbocycles. The molecule has 0 heterocycles. The highest BCUT2D eigenvalue weighted by Crippen LogP contribution is 2.31. The van der Waals surface area contributed by atoms with E-state index in [9.17, 15) is 9.90 Å². The first-order valence-corrected chi connectivity index (χ1v) is 7.43. The van der Waals surface area contributed by atoms with Gasteiger partial charge in [0.1, 0.15) is 0 Å². The summed E-state index contributed by atoms with van der Waals surface area (Å²) in [5.74, 6) is 0.803. The van der Waals surface area contributed by atoms with E-state index in [1.54, 1.807) is 7.11 Å². The normalized spacial score (nSPS) is 10.6. The summed E-state index contributed by atoms with van der Waals surface area (Å²) in [4.78, 5) is 12.1. The Kier molecular flexibility index (Phi) is 5.84. The lowest BCUT2D eigenvalue weighted by Crippen LogP contribution is -2.17. The van der Waals surface area contributed by atoms with Crippen molar-refractivity contribution >= 4 is 12.1 Å². The summed E-state index contributed by atoms with van der Waals surface area (Å²) in [5, 5.41) is 13.7. The summed E-state index contributed by atoms with van der Waals surface area (Å²) in [6, 6.07) is 8.03. The van der Waals surface area contributed by atoms with E-state index in [-0.39, 0.29) is 17.1 Å². The third-order valence-electron chi connectivity index (χ3n) is 3.46. The number of hydrogen-bond acceptors (Lipinski definition) is 6. The van der Waals surface area contributed by atoms with E-state index in [1.165, 1.54) is 38.6 Å². The highest BCUT2D eigenvalue weighted by Gasteiger charge is 2.11. The van der Waals surface area contributed by atoms with Crippen molar-refractivity contribution in [3.63, 3.8) is 0 Å². The summed E-state index contributed by atoms with van der Waals surface area (Å²) >= 11 is 0. The van der Waals surface area contributed by atoms with Gasteiger partial charge in [-0.25, -0.2) is 5.43 Å². The second kappa shape index (κ2) is 8.05. The number of amides is 1. The molecule has 7 nitrogen and oxygen atoms in total. The van der Waals surface area contributed by atoms with Gasteiger partial charge < -0.3 is 19.3 Å². The lowest BCUT2D eigenvalue weighted by atomic mass is 10.1. The van der Waals surface area contributed by atoms with Crippen molar-refractivity contribution in [3.05, 3.63) is 47.0 Å². The molecule has 0 aliphatic heterocycles. The number of aryl methyl sites for hydroxylation is 1. The van der Waals surface area contributed by atoms with Gasteiger partial charge in [-0.1, -0.05) is 0 Å². The average molecular weight is 344 g/mol. The maximum atomic E-state index is 12.1. The van der Waals surface area contributed by atoms with Gasteiger partial charge in [0.25, 0.3) is 5.91 Å². The highest BCUT2D eigenvalue weighted by atomic mass is 16.5. The first kappa shape index (κ1) is 18.1. The van der Waals surface area contributed by atoms with Crippen LogP contribution in [0.4, 0.5) is 0 Å². The third-order valence-corrected chi connectivity index (χ3v) is 3.46. The molecule has 0 radical (unpaired) electrons. The number of carbonyl (C=O) groups is 1. The van der Waals surface area contributed by atoms with Crippen LogP contribution in [0.5, 0.6) is 23.0 Å². The Bertz CT molecular complexity index is 802. The van der Waals surface area contributed by atoms with Crippen LogP contribution in [0.2, 0.25) is 0 Å². The van der Waals surface area contributed by atoms with Crippen LogP contribution < -0.4 is 19.6 Å². The Morgan fingerprint density at radius 2 is 1.80 bits per heavy atom. The molecular weight excluding hydrogens is 324 g/mol. The van der Waals surface area contributed by atoms with Gasteiger partial charge in [-0.2, -0.15) is 5.10 Å². The van der Waals surface area contributed by atoms with E-state index in [4.69, 9.17) is 14.2 Å². The fraction of sp³-hybridized carbons (Fsp3) is 0.222. The van der Waals surface area contributed by atoms with Gasteiger partial charge in [-0.05, 0) is 42.8 Å². The standard InChI is InChI=1S/C18H20N2O5/c1-11-7-13(17(25-4)16(8-11)24-3)10-19-20-18(22)12-5-6-15(23-2)14(21)9-12/h5-10,21H,1-4H3,(H,20,22)/b19-10+. The van der Waals surface area contributed by atoms with Crippen molar-refractivity contribution in [2.75, 3.05) is 21.3 Å². The number of hydrazone groups is 1. The minimum absolute atomic E-state index is 0.121. The summed E-state index contributed by atoms with van der Waals surface area (Å²) < 4.78 is 15.5. The summed E-state index contributed by atoms with van der Waals surface area (Å²) in [6.07, 6.45) is 1.47. The zero-order chi connectivity index (χ0) is 18.4. The topological polar surface area (TPSA) is 89.4 Å². The molecule has 0 fully saturated rings. The second-order valence-corrected chi connectivity index (χ2v) is 5.18. The number of nitrogens with one attached hydrogen (secondary N) is 1. The van der Waals surface area contributed by atoms with Gasteiger partial charge in [0.15, 0.2) is 23.0 Å². The van der Waals surface area contributed by atoms with Gasteiger partial charge in [0, 0.05) is 11.1 Å². The highest BCUT2D eigenvalue weighted by molar-refractivity contribution is 5.95. The van der Waals surface area contributed by atoms with Crippen LogP contribution in [0.15, 0.2) is 35.4 Å². The van der Waals surface area contributed by atoms with Crippen molar-refractivity contribution in [2.45, 2.75) is 6.92 Å². The predicted molar refractivity (Wildman–Crippen MR) is 94.0 cm³/mol. The van der Waals surface area contributed by atoms with E-state index >= 15 is 0 Å². The molecule has 0 saturated carbocycles. The monoisotopic (exact) mass is 344 g/mol. The third kappa shape index (κ3) is 4.20. The smallest absolute Gasteiger partial charge is 0.271 e. The molecule has 1 amide bonds. The molecule has 0 aliphatic rings. The van der Waals surface area contributed by atoms with Crippen molar-refractivity contribution < 1.29 is 24.1 Å². The molecule has 7 heteroatoms. The Hall–Kier alpha value is -3.22. The number of phenolic OH excluding ortho intramolecular Hbond substituents is 1. The number of methoxy groups -OCH3 is 3. The predicted octanol–water partition coefficient (Wildman–Crippen LogP) is 2.49. The number of aromatic hydroxyl groups is 1. The molecule has 0 saturated heterocycles. The molecule has 0 unspecified atom stereocenters. The van der Waals surface area contributed by atoms with Gasteiger partial charge in [0.05, 0.1) is 27.5 Å². The van der Waals surface area contributed by atoms with Gasteiger partial charge in [-0.3, -0.25) is 4.79 Å². The van der Waals surface area contributed by atoms with Crippen LogP contribution in [0.25, 0.3) is 0 Å². The van der Waals surface area contributed by atoms with Crippen LogP contribution in [0.3, 0.4) is 0 Å². The average Bonchev–Trinajstić information content (AvgIpc) is 2.60. The molecule has 25 heavy (non-hydrogen) atoms. The molecule has 132 valence electrons. The molecule has 2 rings (SSSR count). The summed E-state index contributed by atoms with van der Waals surface area (Å²) in [7, 11) is 4.52.